The second kappa shape index (κ2) is 6.34. The molecule has 0 saturated carbocycles. The van der Waals surface area contributed by atoms with Crippen molar-refractivity contribution in [1.82, 2.24) is 15.2 Å². The summed E-state index contributed by atoms with van der Waals surface area (Å²) in [7, 11) is 0. The van der Waals surface area contributed by atoms with Gasteiger partial charge in [0, 0.05) is 15.6 Å². The number of anilines is 1. The highest BCUT2D eigenvalue weighted by Gasteiger charge is 2.11. The van der Waals surface area contributed by atoms with E-state index in [-0.39, 0.29) is 11.9 Å². The van der Waals surface area contributed by atoms with E-state index in [4.69, 9.17) is 0 Å². The molecule has 3 aromatic rings. The number of halogens is 1. The Hall–Kier alpha value is -2.47. The summed E-state index contributed by atoms with van der Waals surface area (Å²) < 4.78 is 0.951. The summed E-state index contributed by atoms with van der Waals surface area (Å²) in [6.45, 7) is 3.92. The van der Waals surface area contributed by atoms with Gasteiger partial charge in [-0.15, -0.1) is 5.10 Å². The van der Waals surface area contributed by atoms with Crippen molar-refractivity contribution in [1.29, 1.82) is 0 Å². The zero-order valence-electron chi connectivity index (χ0n) is 12.7. The van der Waals surface area contributed by atoms with Crippen LogP contribution in [0.2, 0.25) is 0 Å². The fourth-order valence-electron chi connectivity index (χ4n) is 2.36. The molecule has 2 aromatic carbocycles. The molecule has 1 heterocycles. The van der Waals surface area contributed by atoms with Gasteiger partial charge in [0.1, 0.15) is 0 Å². The second-order valence-corrected chi connectivity index (χ2v) is 6.26. The minimum absolute atomic E-state index is 0.225. The van der Waals surface area contributed by atoms with Crippen LogP contribution in [-0.4, -0.2) is 21.1 Å². The highest BCUT2D eigenvalue weighted by molar-refractivity contribution is 9.10. The molecule has 0 bridgehead atoms. The third-order valence-electron chi connectivity index (χ3n) is 3.29. The number of benzene rings is 2. The van der Waals surface area contributed by atoms with Gasteiger partial charge in [0.15, 0.2) is 5.82 Å². The topological polar surface area (TPSA) is 70.7 Å². The van der Waals surface area contributed by atoms with E-state index in [9.17, 15) is 4.79 Å². The Morgan fingerprint density at radius 3 is 2.57 bits per heavy atom. The average Bonchev–Trinajstić information content (AvgIpc) is 2.95. The van der Waals surface area contributed by atoms with Crippen molar-refractivity contribution >= 4 is 27.8 Å². The Morgan fingerprint density at radius 2 is 1.87 bits per heavy atom. The summed E-state index contributed by atoms with van der Waals surface area (Å²) in [5.74, 6) is 0.628. The molecular formula is C17H15BrN4O. The quantitative estimate of drug-likeness (QED) is 0.728. The first-order chi connectivity index (χ1) is 11.0. The van der Waals surface area contributed by atoms with Crippen LogP contribution in [0.3, 0.4) is 0 Å². The van der Waals surface area contributed by atoms with Crippen molar-refractivity contribution in [3.05, 3.63) is 63.6 Å². The third-order valence-corrected chi connectivity index (χ3v) is 3.79. The van der Waals surface area contributed by atoms with Crippen LogP contribution >= 0.6 is 15.9 Å². The summed E-state index contributed by atoms with van der Waals surface area (Å²) in [6, 6.07) is 13.4. The second-order valence-electron chi connectivity index (χ2n) is 5.35. The SMILES string of the molecule is Cc1cc(C)cc(C(=O)Nc2n[nH]c(-c3cccc(Br)c3)n2)c1. The zero-order chi connectivity index (χ0) is 16.4. The molecule has 2 N–H and O–H groups in total. The van der Waals surface area contributed by atoms with Crippen LogP contribution in [0.4, 0.5) is 5.95 Å². The molecule has 0 fully saturated rings. The molecule has 3 rings (SSSR count). The van der Waals surface area contributed by atoms with E-state index in [1.807, 2.05) is 56.3 Å². The number of hydrogen-bond acceptors (Lipinski definition) is 3. The first-order valence-corrected chi connectivity index (χ1v) is 7.88. The first-order valence-electron chi connectivity index (χ1n) is 7.09. The van der Waals surface area contributed by atoms with Crippen molar-refractivity contribution in [3.8, 4) is 11.4 Å². The number of H-pyrrole nitrogens is 1. The Kier molecular flexibility index (Phi) is 4.25. The molecule has 0 atom stereocenters. The minimum atomic E-state index is -0.225. The molecule has 0 aliphatic rings. The fraction of sp³-hybridized carbons (Fsp3) is 0.118. The van der Waals surface area contributed by atoms with E-state index in [1.165, 1.54) is 0 Å². The molecule has 1 aromatic heterocycles. The zero-order valence-corrected chi connectivity index (χ0v) is 14.3. The van der Waals surface area contributed by atoms with Gasteiger partial charge in [0.2, 0.25) is 5.95 Å². The molecule has 6 heteroatoms. The van der Waals surface area contributed by atoms with E-state index >= 15 is 0 Å². The Balaban J connectivity index is 1.80. The number of rotatable bonds is 3. The lowest BCUT2D eigenvalue weighted by Gasteiger charge is -2.04. The standard InChI is InChI=1S/C17H15BrN4O/c1-10-6-11(2)8-13(7-10)16(23)20-17-19-15(21-22-17)12-4-3-5-14(18)9-12/h3-9H,1-2H3,(H2,19,20,21,22,23). The van der Waals surface area contributed by atoms with Crippen molar-refractivity contribution in [3.63, 3.8) is 0 Å². The molecular weight excluding hydrogens is 356 g/mol. The van der Waals surface area contributed by atoms with Crippen LogP contribution in [0.15, 0.2) is 46.9 Å². The molecule has 23 heavy (non-hydrogen) atoms. The van der Waals surface area contributed by atoms with Crippen LogP contribution in [-0.2, 0) is 0 Å². The maximum Gasteiger partial charge on any atom is 0.258 e. The highest BCUT2D eigenvalue weighted by Crippen LogP contribution is 2.20. The van der Waals surface area contributed by atoms with Gasteiger partial charge in [-0.05, 0) is 38.1 Å². The fourth-order valence-corrected chi connectivity index (χ4v) is 2.76. The van der Waals surface area contributed by atoms with Crippen LogP contribution in [0.5, 0.6) is 0 Å². The highest BCUT2D eigenvalue weighted by atomic mass is 79.9. The van der Waals surface area contributed by atoms with E-state index in [1.54, 1.807) is 0 Å². The van der Waals surface area contributed by atoms with Crippen molar-refractivity contribution in [2.24, 2.45) is 0 Å². The van der Waals surface area contributed by atoms with Crippen LogP contribution in [0.1, 0.15) is 21.5 Å². The number of amides is 1. The van der Waals surface area contributed by atoms with Gasteiger partial charge in [-0.3, -0.25) is 15.2 Å². The van der Waals surface area contributed by atoms with Gasteiger partial charge in [-0.1, -0.05) is 45.3 Å². The summed E-state index contributed by atoms with van der Waals surface area (Å²) in [4.78, 5) is 16.6. The van der Waals surface area contributed by atoms with Crippen LogP contribution < -0.4 is 5.32 Å². The van der Waals surface area contributed by atoms with Gasteiger partial charge in [-0.25, -0.2) is 0 Å². The molecule has 0 spiro atoms. The van der Waals surface area contributed by atoms with Crippen LogP contribution in [0, 0.1) is 13.8 Å². The van der Waals surface area contributed by atoms with Gasteiger partial charge in [0.05, 0.1) is 0 Å². The maximum atomic E-state index is 12.3. The lowest BCUT2D eigenvalue weighted by Crippen LogP contribution is -2.13. The predicted molar refractivity (Wildman–Crippen MR) is 93.4 cm³/mol. The lowest BCUT2D eigenvalue weighted by atomic mass is 10.1. The van der Waals surface area contributed by atoms with Crippen molar-refractivity contribution in [2.45, 2.75) is 13.8 Å². The van der Waals surface area contributed by atoms with Gasteiger partial charge >= 0.3 is 0 Å². The summed E-state index contributed by atoms with van der Waals surface area (Å²) in [5.41, 5.74) is 3.56. The molecule has 0 saturated heterocycles. The number of nitrogens with one attached hydrogen (secondary N) is 2. The Labute approximate surface area is 142 Å². The molecule has 116 valence electrons. The number of aromatic nitrogens is 3. The lowest BCUT2D eigenvalue weighted by molar-refractivity contribution is 0.102. The van der Waals surface area contributed by atoms with Gasteiger partial charge in [-0.2, -0.15) is 4.98 Å². The monoisotopic (exact) mass is 370 g/mol. The predicted octanol–water partition coefficient (Wildman–Crippen LogP) is 4.10. The van der Waals surface area contributed by atoms with Crippen LogP contribution in [0.25, 0.3) is 11.4 Å². The molecule has 0 aliphatic heterocycles. The number of aromatic amines is 1. The van der Waals surface area contributed by atoms with E-state index < -0.39 is 0 Å². The van der Waals surface area contributed by atoms with E-state index in [0.717, 1.165) is 21.2 Å². The largest absolute Gasteiger partial charge is 0.289 e. The van der Waals surface area contributed by atoms with Gasteiger partial charge < -0.3 is 0 Å². The minimum Gasteiger partial charge on any atom is -0.289 e. The average molecular weight is 371 g/mol. The van der Waals surface area contributed by atoms with Crippen molar-refractivity contribution < 1.29 is 4.79 Å². The number of nitrogens with zero attached hydrogens (tertiary/aromatic N) is 2. The smallest absolute Gasteiger partial charge is 0.258 e. The molecule has 5 nitrogen and oxygen atoms in total. The first kappa shape index (κ1) is 15.4. The normalized spacial score (nSPS) is 10.6. The summed E-state index contributed by atoms with van der Waals surface area (Å²) >= 11 is 3.42. The maximum absolute atomic E-state index is 12.3. The number of hydrogen-bond donors (Lipinski definition) is 2. The molecule has 0 radical (unpaired) electrons. The molecule has 0 aliphatic carbocycles. The molecule has 0 unspecified atom stereocenters. The number of carbonyl (C=O) groups is 1. The van der Waals surface area contributed by atoms with E-state index in [0.29, 0.717) is 11.4 Å². The summed E-state index contributed by atoms with van der Waals surface area (Å²) in [5, 5.41) is 9.59. The Bertz CT molecular complexity index is 852. The number of aryl methyl sites for hydroxylation is 2. The Morgan fingerprint density at radius 1 is 1.13 bits per heavy atom. The summed E-state index contributed by atoms with van der Waals surface area (Å²) in [6.07, 6.45) is 0. The van der Waals surface area contributed by atoms with E-state index in [2.05, 4.69) is 36.4 Å². The third kappa shape index (κ3) is 3.65. The molecule has 1 amide bonds. The van der Waals surface area contributed by atoms with Gasteiger partial charge in [0.25, 0.3) is 5.91 Å². The number of carbonyl (C=O) groups excluding carboxylic acids is 1. The van der Waals surface area contributed by atoms with Crippen molar-refractivity contribution in [2.75, 3.05) is 5.32 Å².